The van der Waals surface area contributed by atoms with Gasteiger partial charge in [-0.1, -0.05) is 11.6 Å². The van der Waals surface area contributed by atoms with Gasteiger partial charge in [-0.2, -0.15) is 0 Å². The molecule has 11 heteroatoms. The molecule has 190 valence electrons. The van der Waals surface area contributed by atoms with Gasteiger partial charge in [-0.15, -0.1) is 11.3 Å². The molecule has 35 heavy (non-hydrogen) atoms. The van der Waals surface area contributed by atoms with Gasteiger partial charge < -0.3 is 20.3 Å². The van der Waals surface area contributed by atoms with E-state index in [2.05, 4.69) is 20.5 Å². The Balaban J connectivity index is 1.43. The standard InChI is InChI=1S/C24H32ClN5O4S/c1-17(2)30(23(33)18-4-6-19(25)7-5-18)15-22(32)28-24-27-20(16-35-24)14-21(31)26-8-3-9-29-10-12-34-13-11-29/h4-7,16-17H,3,8-15H2,1-2H3,(H,26,31)(H,27,28,32). The minimum atomic E-state index is -0.352. The van der Waals surface area contributed by atoms with E-state index in [1.807, 2.05) is 13.8 Å². The van der Waals surface area contributed by atoms with Gasteiger partial charge >= 0.3 is 0 Å². The van der Waals surface area contributed by atoms with Crippen molar-refractivity contribution >= 4 is 45.8 Å². The van der Waals surface area contributed by atoms with Crippen molar-refractivity contribution in [2.45, 2.75) is 32.7 Å². The fourth-order valence-corrected chi connectivity index (χ4v) is 4.44. The Kier molecular flexibility index (Phi) is 10.5. The third-order valence-corrected chi connectivity index (χ3v) is 6.56. The summed E-state index contributed by atoms with van der Waals surface area (Å²) in [5.74, 6) is -0.707. The van der Waals surface area contributed by atoms with Crippen molar-refractivity contribution in [1.82, 2.24) is 20.1 Å². The smallest absolute Gasteiger partial charge is 0.254 e. The SMILES string of the molecule is CC(C)N(CC(=O)Nc1nc(CC(=O)NCCCN2CCOCC2)cs1)C(=O)c1ccc(Cl)cc1. The van der Waals surface area contributed by atoms with E-state index < -0.39 is 0 Å². The number of hydrogen-bond donors (Lipinski definition) is 2. The molecule has 0 unspecified atom stereocenters. The molecule has 9 nitrogen and oxygen atoms in total. The van der Waals surface area contributed by atoms with Crippen molar-refractivity contribution in [2.75, 3.05) is 51.3 Å². The predicted molar refractivity (Wildman–Crippen MR) is 137 cm³/mol. The van der Waals surface area contributed by atoms with Gasteiger partial charge in [-0.05, 0) is 51.1 Å². The minimum Gasteiger partial charge on any atom is -0.379 e. The molecule has 1 saturated heterocycles. The van der Waals surface area contributed by atoms with E-state index in [0.29, 0.717) is 28.0 Å². The summed E-state index contributed by atoms with van der Waals surface area (Å²) < 4.78 is 5.33. The highest BCUT2D eigenvalue weighted by Gasteiger charge is 2.22. The molecule has 1 aliphatic rings. The highest BCUT2D eigenvalue weighted by molar-refractivity contribution is 7.13. The van der Waals surface area contributed by atoms with Crippen molar-refractivity contribution in [3.63, 3.8) is 0 Å². The molecule has 0 radical (unpaired) electrons. The van der Waals surface area contributed by atoms with Crippen molar-refractivity contribution in [1.29, 1.82) is 0 Å². The Hall–Kier alpha value is -2.53. The van der Waals surface area contributed by atoms with E-state index in [9.17, 15) is 14.4 Å². The zero-order valence-electron chi connectivity index (χ0n) is 20.1. The first-order valence-corrected chi connectivity index (χ1v) is 12.9. The number of carbonyl (C=O) groups is 3. The number of anilines is 1. The number of aromatic nitrogens is 1. The quantitative estimate of drug-likeness (QED) is 0.441. The summed E-state index contributed by atoms with van der Waals surface area (Å²) in [5.41, 5.74) is 1.05. The number of hydrogen-bond acceptors (Lipinski definition) is 7. The van der Waals surface area contributed by atoms with Crippen LogP contribution in [0.5, 0.6) is 0 Å². The second-order valence-corrected chi connectivity index (χ2v) is 9.85. The monoisotopic (exact) mass is 521 g/mol. The van der Waals surface area contributed by atoms with E-state index in [-0.39, 0.29) is 36.7 Å². The van der Waals surface area contributed by atoms with Crippen LogP contribution >= 0.6 is 22.9 Å². The maximum Gasteiger partial charge on any atom is 0.254 e. The van der Waals surface area contributed by atoms with Crippen LogP contribution < -0.4 is 10.6 Å². The summed E-state index contributed by atoms with van der Waals surface area (Å²) in [5, 5.41) is 8.34. The first-order chi connectivity index (χ1) is 16.8. The zero-order valence-corrected chi connectivity index (χ0v) is 21.7. The fourth-order valence-electron chi connectivity index (χ4n) is 3.59. The van der Waals surface area contributed by atoms with Crippen molar-refractivity contribution in [3.8, 4) is 0 Å². The Morgan fingerprint density at radius 3 is 2.57 bits per heavy atom. The molecule has 0 saturated carbocycles. The average Bonchev–Trinajstić information content (AvgIpc) is 3.27. The molecule has 1 aromatic heterocycles. The molecule has 1 aromatic carbocycles. The number of nitrogens with one attached hydrogen (secondary N) is 2. The average molecular weight is 522 g/mol. The normalized spacial score (nSPS) is 14.1. The second kappa shape index (κ2) is 13.5. The number of carbonyl (C=O) groups excluding carboxylic acids is 3. The molecule has 3 amide bonds. The van der Waals surface area contributed by atoms with E-state index in [0.717, 1.165) is 39.3 Å². The van der Waals surface area contributed by atoms with Gasteiger partial charge in [0.15, 0.2) is 5.13 Å². The number of ether oxygens (including phenoxy) is 1. The molecule has 2 N–H and O–H groups in total. The number of benzene rings is 1. The maximum absolute atomic E-state index is 12.8. The highest BCUT2D eigenvalue weighted by atomic mass is 35.5. The summed E-state index contributed by atoms with van der Waals surface area (Å²) in [7, 11) is 0. The van der Waals surface area contributed by atoms with Crippen molar-refractivity contribution < 1.29 is 19.1 Å². The first kappa shape index (κ1) is 27.1. The molecule has 0 atom stereocenters. The second-order valence-electron chi connectivity index (χ2n) is 8.56. The molecule has 2 heterocycles. The van der Waals surface area contributed by atoms with Crippen LogP contribution in [-0.2, 0) is 20.7 Å². The van der Waals surface area contributed by atoms with Crippen LogP contribution in [0, 0.1) is 0 Å². The third-order valence-electron chi connectivity index (χ3n) is 5.51. The number of thiazole rings is 1. The van der Waals surface area contributed by atoms with E-state index >= 15 is 0 Å². The zero-order chi connectivity index (χ0) is 25.2. The number of rotatable bonds is 11. The molecular formula is C24H32ClN5O4S. The van der Waals surface area contributed by atoms with E-state index in [1.54, 1.807) is 29.6 Å². The molecule has 2 aromatic rings. The van der Waals surface area contributed by atoms with Crippen LogP contribution in [0.15, 0.2) is 29.6 Å². The summed E-state index contributed by atoms with van der Waals surface area (Å²) in [4.78, 5) is 45.8. The molecule has 3 rings (SSSR count). The summed E-state index contributed by atoms with van der Waals surface area (Å²) in [6, 6.07) is 6.38. The van der Waals surface area contributed by atoms with Gasteiger partial charge in [0.25, 0.3) is 5.91 Å². The topological polar surface area (TPSA) is 104 Å². The van der Waals surface area contributed by atoms with E-state index in [1.165, 1.54) is 16.2 Å². The maximum atomic E-state index is 12.8. The van der Waals surface area contributed by atoms with Crippen LogP contribution in [-0.4, -0.2) is 84.5 Å². The number of morpholine rings is 1. The lowest BCUT2D eigenvalue weighted by Gasteiger charge is -2.26. The Morgan fingerprint density at radius 2 is 1.89 bits per heavy atom. The lowest BCUT2D eigenvalue weighted by atomic mass is 10.1. The molecule has 0 bridgehead atoms. The lowest BCUT2D eigenvalue weighted by Crippen LogP contribution is -2.42. The molecule has 0 aliphatic carbocycles. The largest absolute Gasteiger partial charge is 0.379 e. The molecular weight excluding hydrogens is 490 g/mol. The Morgan fingerprint density at radius 1 is 1.17 bits per heavy atom. The molecule has 1 fully saturated rings. The number of amides is 3. The first-order valence-electron chi connectivity index (χ1n) is 11.7. The van der Waals surface area contributed by atoms with Crippen molar-refractivity contribution in [3.05, 3.63) is 45.9 Å². The van der Waals surface area contributed by atoms with Crippen LogP contribution in [0.3, 0.4) is 0 Å². The minimum absolute atomic E-state index is 0.102. The predicted octanol–water partition coefficient (Wildman–Crippen LogP) is 2.67. The van der Waals surface area contributed by atoms with Gasteiger partial charge in [0, 0.05) is 41.6 Å². The molecule has 1 aliphatic heterocycles. The summed E-state index contributed by atoms with van der Waals surface area (Å²) >= 11 is 7.15. The molecule has 0 spiro atoms. The number of nitrogens with zero attached hydrogens (tertiary/aromatic N) is 3. The van der Waals surface area contributed by atoms with Gasteiger partial charge in [-0.25, -0.2) is 4.98 Å². The number of halogens is 1. The van der Waals surface area contributed by atoms with Gasteiger partial charge in [0.2, 0.25) is 11.8 Å². The van der Waals surface area contributed by atoms with E-state index in [4.69, 9.17) is 16.3 Å². The van der Waals surface area contributed by atoms with Crippen LogP contribution in [0.25, 0.3) is 0 Å². The summed E-state index contributed by atoms with van der Waals surface area (Å²) in [6.07, 6.45) is 1.03. The van der Waals surface area contributed by atoms with Gasteiger partial charge in [0.05, 0.1) is 25.3 Å². The van der Waals surface area contributed by atoms with Crippen LogP contribution in [0.2, 0.25) is 5.02 Å². The summed E-state index contributed by atoms with van der Waals surface area (Å²) in [6.45, 7) is 8.53. The van der Waals surface area contributed by atoms with Crippen LogP contribution in [0.4, 0.5) is 5.13 Å². The highest BCUT2D eigenvalue weighted by Crippen LogP contribution is 2.17. The Labute approximate surface area is 214 Å². The van der Waals surface area contributed by atoms with Crippen molar-refractivity contribution in [2.24, 2.45) is 0 Å². The van der Waals surface area contributed by atoms with Gasteiger partial charge in [0.1, 0.15) is 6.54 Å². The fraction of sp³-hybridized carbons (Fsp3) is 0.500. The third kappa shape index (κ3) is 8.88. The Bertz CT molecular complexity index is 992. The lowest BCUT2D eigenvalue weighted by molar-refractivity contribution is -0.120. The van der Waals surface area contributed by atoms with Gasteiger partial charge in [-0.3, -0.25) is 19.3 Å². The van der Waals surface area contributed by atoms with Crippen LogP contribution in [0.1, 0.15) is 36.3 Å².